The van der Waals surface area contributed by atoms with E-state index in [1.807, 2.05) is 10.8 Å². The summed E-state index contributed by atoms with van der Waals surface area (Å²) in [7, 11) is 0. The number of unbranched alkanes of at least 4 members (excludes halogenated alkanes) is 1. The summed E-state index contributed by atoms with van der Waals surface area (Å²) in [6, 6.07) is 0. The van der Waals surface area contributed by atoms with E-state index in [1.165, 1.54) is 32.1 Å². The minimum atomic E-state index is 0.214. The second kappa shape index (κ2) is 7.61. The molecule has 0 N–H and O–H groups in total. The van der Waals surface area contributed by atoms with Crippen molar-refractivity contribution in [3.63, 3.8) is 0 Å². The molecule has 0 amide bonds. The summed E-state index contributed by atoms with van der Waals surface area (Å²) >= 11 is 0. The number of carbonyl (C=O) groups is 1. The summed E-state index contributed by atoms with van der Waals surface area (Å²) < 4.78 is 2.02. The maximum absolute atomic E-state index is 12.6. The maximum Gasteiger partial charge on any atom is 0.201 e. The van der Waals surface area contributed by atoms with Crippen molar-refractivity contribution >= 4 is 5.78 Å². The van der Waals surface area contributed by atoms with Gasteiger partial charge in [-0.1, -0.05) is 33.1 Å². The number of hydrogen-bond donors (Lipinski definition) is 0. The second-order valence-electron chi connectivity index (χ2n) is 6.17. The van der Waals surface area contributed by atoms with Crippen LogP contribution in [-0.2, 0) is 6.54 Å². The number of ketones is 1. The van der Waals surface area contributed by atoms with E-state index in [1.54, 1.807) is 6.20 Å². The van der Waals surface area contributed by atoms with Crippen LogP contribution in [0, 0.1) is 11.8 Å². The van der Waals surface area contributed by atoms with E-state index < -0.39 is 0 Å². The van der Waals surface area contributed by atoms with Crippen molar-refractivity contribution in [3.05, 3.63) is 18.2 Å². The first kappa shape index (κ1) is 15.3. The van der Waals surface area contributed by atoms with Crippen LogP contribution in [0.1, 0.15) is 75.8 Å². The first-order valence-corrected chi connectivity index (χ1v) is 8.31. The Kier molecular flexibility index (Phi) is 5.81. The summed E-state index contributed by atoms with van der Waals surface area (Å²) in [5.41, 5.74) is 0. The largest absolute Gasteiger partial charge is 0.329 e. The molecule has 1 aromatic rings. The van der Waals surface area contributed by atoms with Crippen LogP contribution in [0.25, 0.3) is 0 Å². The highest BCUT2D eigenvalue weighted by Crippen LogP contribution is 2.33. The van der Waals surface area contributed by atoms with Crippen LogP contribution in [0.15, 0.2) is 12.4 Å². The van der Waals surface area contributed by atoms with Gasteiger partial charge in [0, 0.05) is 24.9 Å². The Bertz CT molecular complexity index is 416. The summed E-state index contributed by atoms with van der Waals surface area (Å²) in [4.78, 5) is 16.9. The Morgan fingerprint density at radius 1 is 1.25 bits per heavy atom. The standard InChI is InChI=1S/C17H28N2O/c1-3-5-6-14-7-9-15(10-8-14)16(20)17-18-11-13-19(17)12-4-2/h11,13-15H,3-10,12H2,1-2H3. The summed E-state index contributed by atoms with van der Waals surface area (Å²) in [6.45, 7) is 5.28. The Labute approximate surface area is 122 Å². The molecule has 1 aromatic heterocycles. The van der Waals surface area contributed by atoms with E-state index in [0.717, 1.165) is 31.7 Å². The lowest BCUT2D eigenvalue weighted by Gasteiger charge is -2.27. The minimum absolute atomic E-state index is 0.214. The third kappa shape index (κ3) is 3.71. The Morgan fingerprint density at radius 2 is 2.00 bits per heavy atom. The third-order valence-electron chi connectivity index (χ3n) is 4.58. The number of aromatic nitrogens is 2. The normalized spacial score (nSPS) is 22.9. The Hall–Kier alpha value is -1.12. The lowest BCUT2D eigenvalue weighted by molar-refractivity contribution is 0.0854. The summed E-state index contributed by atoms with van der Waals surface area (Å²) in [5, 5.41) is 0. The molecule has 3 nitrogen and oxygen atoms in total. The number of hydrogen-bond acceptors (Lipinski definition) is 2. The molecule has 0 saturated heterocycles. The van der Waals surface area contributed by atoms with Crippen LogP contribution in [0.5, 0.6) is 0 Å². The van der Waals surface area contributed by atoms with Gasteiger partial charge in [0.15, 0.2) is 5.82 Å². The van der Waals surface area contributed by atoms with Gasteiger partial charge in [-0.05, 0) is 38.0 Å². The number of imidazole rings is 1. The van der Waals surface area contributed by atoms with Crippen molar-refractivity contribution in [2.45, 2.75) is 71.8 Å². The lowest BCUT2D eigenvalue weighted by atomic mass is 9.78. The molecule has 1 heterocycles. The molecular weight excluding hydrogens is 248 g/mol. The fraction of sp³-hybridized carbons (Fsp3) is 0.765. The minimum Gasteiger partial charge on any atom is -0.329 e. The SMILES string of the molecule is CCCCC1CCC(C(=O)c2nccn2CCC)CC1. The Balaban J connectivity index is 1.89. The molecule has 1 aliphatic carbocycles. The molecule has 0 radical (unpaired) electrons. The van der Waals surface area contributed by atoms with Crippen molar-refractivity contribution in [2.75, 3.05) is 0 Å². The Morgan fingerprint density at radius 3 is 2.65 bits per heavy atom. The van der Waals surface area contributed by atoms with E-state index in [0.29, 0.717) is 5.82 Å². The van der Waals surface area contributed by atoms with Gasteiger partial charge in [-0.3, -0.25) is 4.79 Å². The molecule has 0 spiro atoms. The van der Waals surface area contributed by atoms with Crippen LogP contribution in [0.4, 0.5) is 0 Å². The number of rotatable bonds is 7. The predicted octanol–water partition coefficient (Wildman–Crippen LogP) is 4.47. The molecule has 1 aliphatic rings. The average molecular weight is 276 g/mol. The van der Waals surface area contributed by atoms with Gasteiger partial charge in [-0.15, -0.1) is 0 Å². The molecule has 112 valence electrons. The maximum atomic E-state index is 12.6. The zero-order chi connectivity index (χ0) is 14.4. The van der Waals surface area contributed by atoms with Crippen LogP contribution < -0.4 is 0 Å². The molecule has 0 bridgehead atoms. The number of Topliss-reactive ketones (excluding diaryl/α,β-unsaturated/α-hetero) is 1. The predicted molar refractivity (Wildman–Crippen MR) is 81.8 cm³/mol. The number of aryl methyl sites for hydroxylation is 1. The fourth-order valence-corrected chi connectivity index (χ4v) is 3.34. The highest BCUT2D eigenvalue weighted by molar-refractivity contribution is 5.94. The number of carbonyl (C=O) groups excluding carboxylic acids is 1. The summed E-state index contributed by atoms with van der Waals surface area (Å²) in [6.07, 6.45) is 13.3. The lowest BCUT2D eigenvalue weighted by Crippen LogP contribution is -2.24. The molecule has 2 rings (SSSR count). The van der Waals surface area contributed by atoms with E-state index >= 15 is 0 Å². The van der Waals surface area contributed by atoms with Crippen LogP contribution >= 0.6 is 0 Å². The van der Waals surface area contributed by atoms with Gasteiger partial charge >= 0.3 is 0 Å². The fourth-order valence-electron chi connectivity index (χ4n) is 3.34. The zero-order valence-electron chi connectivity index (χ0n) is 13.0. The van der Waals surface area contributed by atoms with Gasteiger partial charge in [0.05, 0.1) is 0 Å². The average Bonchev–Trinajstić information content (AvgIpc) is 2.93. The smallest absolute Gasteiger partial charge is 0.201 e. The van der Waals surface area contributed by atoms with Gasteiger partial charge in [0.2, 0.25) is 5.78 Å². The molecule has 20 heavy (non-hydrogen) atoms. The van der Waals surface area contributed by atoms with Crippen molar-refractivity contribution in [3.8, 4) is 0 Å². The molecule has 0 aromatic carbocycles. The van der Waals surface area contributed by atoms with Gasteiger partial charge < -0.3 is 4.57 Å². The van der Waals surface area contributed by atoms with Crippen molar-refractivity contribution in [1.29, 1.82) is 0 Å². The molecule has 3 heteroatoms. The van der Waals surface area contributed by atoms with E-state index in [-0.39, 0.29) is 11.7 Å². The second-order valence-corrected chi connectivity index (χ2v) is 6.17. The molecule has 0 atom stereocenters. The van der Waals surface area contributed by atoms with Gasteiger partial charge in [-0.2, -0.15) is 0 Å². The van der Waals surface area contributed by atoms with Crippen LogP contribution in [-0.4, -0.2) is 15.3 Å². The molecule has 1 saturated carbocycles. The molecular formula is C17H28N2O. The first-order valence-electron chi connectivity index (χ1n) is 8.31. The monoisotopic (exact) mass is 276 g/mol. The first-order chi connectivity index (χ1) is 9.76. The van der Waals surface area contributed by atoms with Crippen molar-refractivity contribution < 1.29 is 4.79 Å². The highest BCUT2D eigenvalue weighted by Gasteiger charge is 2.28. The topological polar surface area (TPSA) is 34.9 Å². The molecule has 1 fully saturated rings. The van der Waals surface area contributed by atoms with E-state index in [2.05, 4.69) is 18.8 Å². The van der Waals surface area contributed by atoms with Gasteiger partial charge in [0.1, 0.15) is 0 Å². The highest BCUT2D eigenvalue weighted by atomic mass is 16.1. The molecule has 0 aliphatic heterocycles. The van der Waals surface area contributed by atoms with E-state index in [4.69, 9.17) is 0 Å². The van der Waals surface area contributed by atoms with Crippen molar-refractivity contribution in [2.24, 2.45) is 11.8 Å². The summed E-state index contributed by atoms with van der Waals surface area (Å²) in [5.74, 6) is 2.03. The zero-order valence-corrected chi connectivity index (χ0v) is 13.0. The van der Waals surface area contributed by atoms with E-state index in [9.17, 15) is 4.79 Å². The van der Waals surface area contributed by atoms with Crippen LogP contribution in [0.2, 0.25) is 0 Å². The third-order valence-corrected chi connectivity index (χ3v) is 4.58. The van der Waals surface area contributed by atoms with Gasteiger partial charge in [0.25, 0.3) is 0 Å². The molecule has 0 unspecified atom stereocenters. The quantitative estimate of drug-likeness (QED) is 0.689. The van der Waals surface area contributed by atoms with Gasteiger partial charge in [-0.25, -0.2) is 4.98 Å². The van der Waals surface area contributed by atoms with Crippen molar-refractivity contribution in [1.82, 2.24) is 9.55 Å². The number of nitrogens with zero attached hydrogens (tertiary/aromatic N) is 2. The van der Waals surface area contributed by atoms with Crippen LogP contribution in [0.3, 0.4) is 0 Å².